The highest BCUT2D eigenvalue weighted by Gasteiger charge is 2.25. The molecule has 0 spiro atoms. The Labute approximate surface area is 102 Å². The molecule has 0 atom stereocenters. The zero-order chi connectivity index (χ0) is 11.1. The quantitative estimate of drug-likeness (QED) is 0.802. The first-order valence-corrected chi connectivity index (χ1v) is 6.16. The standard InChI is InChI=1S/C12H10BrN3/c13-9-4-5-11-10(6-14)15-12(16(11)7-9)8-2-1-3-8/h4-5,7-8H,1-3H2. The molecule has 2 heterocycles. The van der Waals surface area contributed by atoms with Gasteiger partial charge in [-0.3, -0.25) is 0 Å². The molecule has 80 valence electrons. The number of nitriles is 1. The molecule has 2 aromatic heterocycles. The molecule has 1 fully saturated rings. The molecule has 0 aliphatic heterocycles. The Bertz CT molecular complexity index is 590. The van der Waals surface area contributed by atoms with E-state index in [-0.39, 0.29) is 0 Å². The lowest BCUT2D eigenvalue weighted by Crippen LogP contribution is -2.12. The van der Waals surface area contributed by atoms with Crippen molar-refractivity contribution >= 4 is 21.4 Å². The van der Waals surface area contributed by atoms with Crippen molar-refractivity contribution in [2.24, 2.45) is 0 Å². The van der Waals surface area contributed by atoms with Crippen LogP contribution in [0.4, 0.5) is 0 Å². The molecule has 0 saturated heterocycles. The molecule has 0 bridgehead atoms. The van der Waals surface area contributed by atoms with Crippen molar-refractivity contribution in [3.05, 3.63) is 34.3 Å². The molecule has 3 rings (SSSR count). The fraction of sp³-hybridized carbons (Fsp3) is 0.333. The van der Waals surface area contributed by atoms with Crippen molar-refractivity contribution in [3.8, 4) is 6.07 Å². The van der Waals surface area contributed by atoms with Crippen LogP contribution in [0.2, 0.25) is 0 Å². The normalized spacial score (nSPS) is 16.0. The molecular weight excluding hydrogens is 266 g/mol. The third kappa shape index (κ3) is 1.35. The van der Waals surface area contributed by atoms with E-state index < -0.39 is 0 Å². The fourth-order valence-electron chi connectivity index (χ4n) is 2.12. The minimum Gasteiger partial charge on any atom is -0.301 e. The van der Waals surface area contributed by atoms with Crippen molar-refractivity contribution in [2.75, 3.05) is 0 Å². The summed E-state index contributed by atoms with van der Waals surface area (Å²) in [6.45, 7) is 0. The van der Waals surface area contributed by atoms with E-state index in [1.54, 1.807) is 0 Å². The number of rotatable bonds is 1. The highest BCUT2D eigenvalue weighted by molar-refractivity contribution is 9.10. The SMILES string of the molecule is N#Cc1nc(C2CCC2)n2cc(Br)ccc12. The van der Waals surface area contributed by atoms with Gasteiger partial charge in [-0.2, -0.15) is 5.26 Å². The number of pyridine rings is 1. The zero-order valence-electron chi connectivity index (χ0n) is 8.65. The van der Waals surface area contributed by atoms with Gasteiger partial charge in [-0.1, -0.05) is 6.42 Å². The van der Waals surface area contributed by atoms with Crippen LogP contribution < -0.4 is 0 Å². The van der Waals surface area contributed by atoms with E-state index >= 15 is 0 Å². The van der Waals surface area contributed by atoms with Crippen molar-refractivity contribution < 1.29 is 0 Å². The van der Waals surface area contributed by atoms with E-state index in [9.17, 15) is 0 Å². The lowest BCUT2D eigenvalue weighted by molar-refractivity contribution is 0.400. The van der Waals surface area contributed by atoms with Crippen LogP contribution in [0.15, 0.2) is 22.8 Å². The molecule has 0 aromatic carbocycles. The number of aromatic nitrogens is 2. The van der Waals surface area contributed by atoms with Crippen LogP contribution in [-0.2, 0) is 0 Å². The van der Waals surface area contributed by atoms with Gasteiger partial charge in [0.1, 0.15) is 11.9 Å². The van der Waals surface area contributed by atoms with Gasteiger partial charge in [-0.25, -0.2) is 4.98 Å². The van der Waals surface area contributed by atoms with Crippen LogP contribution in [-0.4, -0.2) is 9.38 Å². The zero-order valence-corrected chi connectivity index (χ0v) is 10.2. The second-order valence-corrected chi connectivity index (χ2v) is 5.08. The molecule has 0 N–H and O–H groups in total. The number of nitrogens with zero attached hydrogens (tertiary/aromatic N) is 3. The first kappa shape index (κ1) is 9.86. The minimum absolute atomic E-state index is 0.531. The highest BCUT2D eigenvalue weighted by Crippen LogP contribution is 2.36. The number of halogens is 1. The number of imidazole rings is 1. The summed E-state index contributed by atoms with van der Waals surface area (Å²) in [7, 11) is 0. The van der Waals surface area contributed by atoms with Crippen LogP contribution >= 0.6 is 15.9 Å². The molecule has 3 nitrogen and oxygen atoms in total. The van der Waals surface area contributed by atoms with Crippen LogP contribution in [0.5, 0.6) is 0 Å². The summed E-state index contributed by atoms with van der Waals surface area (Å²) in [5.41, 5.74) is 1.45. The molecule has 0 unspecified atom stereocenters. The molecule has 1 saturated carbocycles. The fourth-order valence-corrected chi connectivity index (χ4v) is 2.46. The Morgan fingerprint density at radius 2 is 2.25 bits per heavy atom. The molecule has 0 radical (unpaired) electrons. The van der Waals surface area contributed by atoms with Crippen molar-refractivity contribution in [1.82, 2.24) is 9.38 Å². The molecule has 1 aliphatic rings. The number of hydrogen-bond donors (Lipinski definition) is 0. The summed E-state index contributed by atoms with van der Waals surface area (Å²) in [6, 6.07) is 6.05. The van der Waals surface area contributed by atoms with Gasteiger partial charge in [0.25, 0.3) is 0 Å². The smallest absolute Gasteiger partial charge is 0.166 e. The van der Waals surface area contributed by atoms with Gasteiger partial charge in [0, 0.05) is 16.6 Å². The first-order chi connectivity index (χ1) is 7.79. The third-order valence-corrected chi connectivity index (χ3v) is 3.67. The van der Waals surface area contributed by atoms with Gasteiger partial charge in [0.15, 0.2) is 5.69 Å². The van der Waals surface area contributed by atoms with Crippen LogP contribution in [0.25, 0.3) is 5.52 Å². The average Bonchev–Trinajstić information content (AvgIpc) is 2.54. The number of hydrogen-bond acceptors (Lipinski definition) is 2. The van der Waals surface area contributed by atoms with E-state index in [1.807, 2.05) is 22.7 Å². The number of fused-ring (bicyclic) bond motifs is 1. The predicted molar refractivity (Wildman–Crippen MR) is 64.2 cm³/mol. The van der Waals surface area contributed by atoms with Crippen molar-refractivity contribution in [1.29, 1.82) is 5.26 Å². The summed E-state index contributed by atoms with van der Waals surface area (Å²) < 4.78 is 3.06. The maximum atomic E-state index is 9.05. The maximum absolute atomic E-state index is 9.05. The summed E-state index contributed by atoms with van der Waals surface area (Å²) in [5, 5.41) is 9.05. The van der Waals surface area contributed by atoms with Gasteiger partial charge in [-0.05, 0) is 40.9 Å². The van der Waals surface area contributed by atoms with Crippen molar-refractivity contribution in [3.63, 3.8) is 0 Å². The van der Waals surface area contributed by atoms with Crippen molar-refractivity contribution in [2.45, 2.75) is 25.2 Å². The Kier molecular flexibility index (Phi) is 2.22. The van der Waals surface area contributed by atoms with E-state index in [0.717, 1.165) is 15.8 Å². The monoisotopic (exact) mass is 275 g/mol. The van der Waals surface area contributed by atoms with Crippen LogP contribution in [0.1, 0.15) is 36.7 Å². The average molecular weight is 276 g/mol. The third-order valence-electron chi connectivity index (χ3n) is 3.20. The Morgan fingerprint density at radius 3 is 2.88 bits per heavy atom. The molecule has 1 aliphatic carbocycles. The largest absolute Gasteiger partial charge is 0.301 e. The molecular formula is C12H10BrN3. The maximum Gasteiger partial charge on any atom is 0.166 e. The van der Waals surface area contributed by atoms with E-state index in [1.165, 1.54) is 19.3 Å². The summed E-state index contributed by atoms with van der Waals surface area (Å²) >= 11 is 3.46. The second kappa shape index (κ2) is 3.60. The Morgan fingerprint density at radius 1 is 1.44 bits per heavy atom. The van der Waals surface area contributed by atoms with E-state index in [0.29, 0.717) is 11.6 Å². The van der Waals surface area contributed by atoms with Gasteiger partial charge >= 0.3 is 0 Å². The Balaban J connectivity index is 2.27. The van der Waals surface area contributed by atoms with Gasteiger partial charge in [0.05, 0.1) is 5.52 Å². The lowest BCUT2D eigenvalue weighted by Gasteiger charge is -2.23. The van der Waals surface area contributed by atoms with Gasteiger partial charge < -0.3 is 4.40 Å². The summed E-state index contributed by atoms with van der Waals surface area (Å²) in [6.07, 6.45) is 5.65. The summed E-state index contributed by atoms with van der Waals surface area (Å²) in [5.74, 6) is 1.57. The second-order valence-electron chi connectivity index (χ2n) is 4.16. The van der Waals surface area contributed by atoms with E-state index in [4.69, 9.17) is 5.26 Å². The van der Waals surface area contributed by atoms with Gasteiger partial charge in [0.2, 0.25) is 0 Å². The Hall–Kier alpha value is -1.34. The van der Waals surface area contributed by atoms with Crippen LogP contribution in [0.3, 0.4) is 0 Å². The predicted octanol–water partition coefficient (Wildman–Crippen LogP) is 3.24. The lowest BCUT2D eigenvalue weighted by atomic mass is 9.85. The minimum atomic E-state index is 0.531. The van der Waals surface area contributed by atoms with Crippen LogP contribution in [0, 0.1) is 11.3 Å². The first-order valence-electron chi connectivity index (χ1n) is 5.37. The molecule has 2 aromatic rings. The highest BCUT2D eigenvalue weighted by atomic mass is 79.9. The molecule has 16 heavy (non-hydrogen) atoms. The topological polar surface area (TPSA) is 41.1 Å². The summed E-state index contributed by atoms with van der Waals surface area (Å²) in [4.78, 5) is 4.45. The van der Waals surface area contributed by atoms with Gasteiger partial charge in [-0.15, -0.1) is 0 Å². The molecule has 0 amide bonds. The molecule has 4 heteroatoms. The van der Waals surface area contributed by atoms with E-state index in [2.05, 4.69) is 27.0 Å².